The van der Waals surface area contributed by atoms with Crippen molar-refractivity contribution in [1.29, 1.82) is 0 Å². The maximum Gasteiger partial charge on any atom is 0.277 e. The third kappa shape index (κ3) is 4.23. The SMILES string of the molecule is Cc1cccc2c(CNCC3CCN(c4ncc(C(=O)NO)cn4)CC3)c[nH]c12. The first-order chi connectivity index (χ1) is 14.2. The molecule has 4 rings (SSSR count). The van der Waals surface area contributed by atoms with E-state index in [4.69, 9.17) is 5.21 Å². The van der Waals surface area contributed by atoms with E-state index < -0.39 is 5.91 Å². The normalized spacial score (nSPS) is 15.0. The Morgan fingerprint density at radius 1 is 1.28 bits per heavy atom. The number of piperidine rings is 1. The number of hydroxylamine groups is 1. The molecule has 1 fully saturated rings. The number of anilines is 1. The Bertz CT molecular complexity index is 977. The lowest BCUT2D eigenvalue weighted by Crippen LogP contribution is -2.38. The van der Waals surface area contributed by atoms with Crippen LogP contribution in [0.4, 0.5) is 5.95 Å². The van der Waals surface area contributed by atoms with E-state index in [-0.39, 0.29) is 5.56 Å². The van der Waals surface area contributed by atoms with Crippen LogP contribution in [0, 0.1) is 12.8 Å². The first-order valence-electron chi connectivity index (χ1n) is 9.93. The number of aromatic amines is 1. The Morgan fingerprint density at radius 2 is 2.03 bits per heavy atom. The van der Waals surface area contributed by atoms with E-state index in [1.165, 1.54) is 34.4 Å². The van der Waals surface area contributed by atoms with Crippen LogP contribution in [0.5, 0.6) is 0 Å². The highest BCUT2D eigenvalue weighted by atomic mass is 16.5. The predicted molar refractivity (Wildman–Crippen MR) is 111 cm³/mol. The number of carbonyl (C=O) groups excluding carboxylic acids is 1. The van der Waals surface area contributed by atoms with Gasteiger partial charge in [0.25, 0.3) is 5.91 Å². The third-order valence-corrected chi connectivity index (χ3v) is 5.66. The summed E-state index contributed by atoms with van der Waals surface area (Å²) in [6.07, 6.45) is 7.12. The second-order valence-corrected chi connectivity index (χ2v) is 7.59. The van der Waals surface area contributed by atoms with Gasteiger partial charge in [-0.3, -0.25) is 10.0 Å². The fraction of sp³-hybridized carbons (Fsp3) is 0.381. The van der Waals surface area contributed by atoms with Gasteiger partial charge in [0, 0.05) is 49.1 Å². The van der Waals surface area contributed by atoms with Gasteiger partial charge in [-0.05, 0) is 43.4 Å². The molecule has 0 radical (unpaired) electrons. The van der Waals surface area contributed by atoms with Gasteiger partial charge in [-0.25, -0.2) is 15.4 Å². The van der Waals surface area contributed by atoms with E-state index in [1.807, 2.05) is 0 Å². The Morgan fingerprint density at radius 3 is 2.76 bits per heavy atom. The molecule has 2 aromatic heterocycles. The number of nitrogens with one attached hydrogen (secondary N) is 3. The van der Waals surface area contributed by atoms with Crippen LogP contribution in [0.3, 0.4) is 0 Å². The zero-order chi connectivity index (χ0) is 20.2. The summed E-state index contributed by atoms with van der Waals surface area (Å²) in [6, 6.07) is 6.40. The molecule has 4 N–H and O–H groups in total. The molecular weight excluding hydrogens is 368 g/mol. The number of para-hydroxylation sites is 1. The number of fused-ring (bicyclic) bond motifs is 1. The molecule has 3 aromatic rings. The van der Waals surface area contributed by atoms with Crippen LogP contribution in [0.15, 0.2) is 36.8 Å². The Balaban J connectivity index is 1.26. The molecule has 1 saturated heterocycles. The number of carbonyl (C=O) groups is 1. The molecule has 0 unspecified atom stereocenters. The molecule has 0 bridgehead atoms. The van der Waals surface area contributed by atoms with Crippen molar-refractivity contribution in [2.24, 2.45) is 5.92 Å². The van der Waals surface area contributed by atoms with Gasteiger partial charge in [0.15, 0.2) is 0 Å². The van der Waals surface area contributed by atoms with Crippen molar-refractivity contribution >= 4 is 22.8 Å². The van der Waals surface area contributed by atoms with Gasteiger partial charge in [0.05, 0.1) is 5.56 Å². The molecule has 152 valence electrons. The number of hydrogen-bond acceptors (Lipinski definition) is 6. The van der Waals surface area contributed by atoms with Crippen LogP contribution in [-0.2, 0) is 6.54 Å². The Kier molecular flexibility index (Phi) is 5.73. The molecule has 0 aliphatic carbocycles. The molecule has 3 heterocycles. The van der Waals surface area contributed by atoms with Gasteiger partial charge < -0.3 is 15.2 Å². The summed E-state index contributed by atoms with van der Waals surface area (Å²) in [5.74, 6) is 0.643. The summed E-state index contributed by atoms with van der Waals surface area (Å²) in [5.41, 5.74) is 5.63. The minimum absolute atomic E-state index is 0.239. The molecule has 1 aliphatic heterocycles. The highest BCUT2D eigenvalue weighted by molar-refractivity contribution is 5.92. The fourth-order valence-electron chi connectivity index (χ4n) is 3.92. The van der Waals surface area contributed by atoms with Gasteiger partial charge in [-0.15, -0.1) is 0 Å². The summed E-state index contributed by atoms with van der Waals surface area (Å²) in [7, 11) is 0. The zero-order valence-corrected chi connectivity index (χ0v) is 16.5. The summed E-state index contributed by atoms with van der Waals surface area (Å²) < 4.78 is 0. The summed E-state index contributed by atoms with van der Waals surface area (Å²) in [6.45, 7) is 5.76. The number of H-pyrrole nitrogens is 1. The van der Waals surface area contributed by atoms with Crippen molar-refractivity contribution in [3.8, 4) is 0 Å². The van der Waals surface area contributed by atoms with Crippen LogP contribution in [-0.4, -0.2) is 45.7 Å². The first-order valence-corrected chi connectivity index (χ1v) is 9.93. The maximum absolute atomic E-state index is 11.4. The quantitative estimate of drug-likeness (QED) is 0.378. The number of aromatic nitrogens is 3. The zero-order valence-electron chi connectivity index (χ0n) is 16.5. The molecule has 0 saturated carbocycles. The number of nitrogens with zero attached hydrogens (tertiary/aromatic N) is 3. The first kappa shape index (κ1) is 19.4. The topological polar surface area (TPSA) is 106 Å². The average Bonchev–Trinajstić information content (AvgIpc) is 3.18. The number of amides is 1. The van der Waals surface area contributed by atoms with Crippen molar-refractivity contribution in [2.75, 3.05) is 24.5 Å². The van der Waals surface area contributed by atoms with Gasteiger partial charge in [-0.1, -0.05) is 18.2 Å². The molecule has 29 heavy (non-hydrogen) atoms. The Hall–Kier alpha value is -2.97. The van der Waals surface area contributed by atoms with Crippen LogP contribution < -0.4 is 15.7 Å². The van der Waals surface area contributed by atoms with Crippen molar-refractivity contribution in [1.82, 2.24) is 25.7 Å². The van der Waals surface area contributed by atoms with Crippen molar-refractivity contribution in [3.63, 3.8) is 0 Å². The molecule has 0 atom stereocenters. The Labute approximate surface area is 169 Å². The van der Waals surface area contributed by atoms with Crippen LogP contribution in [0.2, 0.25) is 0 Å². The van der Waals surface area contributed by atoms with Crippen LogP contribution >= 0.6 is 0 Å². The van der Waals surface area contributed by atoms with Gasteiger partial charge in [0.2, 0.25) is 5.95 Å². The largest absolute Gasteiger partial charge is 0.361 e. The minimum atomic E-state index is -0.605. The fourth-order valence-corrected chi connectivity index (χ4v) is 3.92. The molecule has 8 heteroatoms. The number of benzene rings is 1. The smallest absolute Gasteiger partial charge is 0.277 e. The van der Waals surface area contributed by atoms with Gasteiger partial charge in [0.1, 0.15) is 0 Å². The van der Waals surface area contributed by atoms with E-state index in [0.717, 1.165) is 39.0 Å². The van der Waals surface area contributed by atoms with E-state index in [9.17, 15) is 4.79 Å². The summed E-state index contributed by atoms with van der Waals surface area (Å²) >= 11 is 0. The van der Waals surface area contributed by atoms with Crippen molar-refractivity contribution in [2.45, 2.75) is 26.3 Å². The third-order valence-electron chi connectivity index (χ3n) is 5.66. The number of rotatable bonds is 6. The van der Waals surface area contributed by atoms with Crippen molar-refractivity contribution < 1.29 is 10.0 Å². The highest BCUT2D eigenvalue weighted by Crippen LogP contribution is 2.22. The van der Waals surface area contributed by atoms with E-state index in [2.05, 4.69) is 56.5 Å². The lowest BCUT2D eigenvalue weighted by molar-refractivity contribution is 0.0705. The number of hydrogen-bond donors (Lipinski definition) is 4. The molecule has 1 amide bonds. The lowest BCUT2D eigenvalue weighted by Gasteiger charge is -2.32. The lowest BCUT2D eigenvalue weighted by atomic mass is 9.97. The van der Waals surface area contributed by atoms with Gasteiger partial charge in [-0.2, -0.15) is 0 Å². The van der Waals surface area contributed by atoms with E-state index in [1.54, 1.807) is 5.48 Å². The molecule has 1 aliphatic rings. The van der Waals surface area contributed by atoms with Crippen LogP contribution in [0.25, 0.3) is 10.9 Å². The highest BCUT2D eigenvalue weighted by Gasteiger charge is 2.21. The minimum Gasteiger partial charge on any atom is -0.361 e. The maximum atomic E-state index is 11.4. The second-order valence-electron chi connectivity index (χ2n) is 7.59. The standard InChI is InChI=1S/C21H26N6O2/c1-14-3-2-4-18-16(11-23-19(14)18)10-22-9-15-5-7-27(8-6-15)21-24-12-17(13-25-21)20(28)26-29/h2-4,11-13,15,22-23,29H,5-10H2,1H3,(H,26,28). The second kappa shape index (κ2) is 8.59. The molecule has 8 nitrogen and oxygen atoms in total. The molecule has 1 aromatic carbocycles. The molecular formula is C21H26N6O2. The number of aryl methyl sites for hydroxylation is 1. The van der Waals surface area contributed by atoms with E-state index in [0.29, 0.717) is 11.9 Å². The van der Waals surface area contributed by atoms with Gasteiger partial charge >= 0.3 is 0 Å². The summed E-state index contributed by atoms with van der Waals surface area (Å²) in [4.78, 5) is 25.4. The van der Waals surface area contributed by atoms with E-state index >= 15 is 0 Å². The average molecular weight is 394 g/mol. The summed E-state index contributed by atoms with van der Waals surface area (Å²) in [5, 5.41) is 13.6. The molecule has 0 spiro atoms. The van der Waals surface area contributed by atoms with Crippen molar-refractivity contribution in [3.05, 3.63) is 53.5 Å². The monoisotopic (exact) mass is 394 g/mol. The van der Waals surface area contributed by atoms with Crippen LogP contribution in [0.1, 0.15) is 34.3 Å². The predicted octanol–water partition coefficient (Wildman–Crippen LogP) is 2.39.